The van der Waals surface area contributed by atoms with E-state index in [-0.39, 0.29) is 25.7 Å². The summed E-state index contributed by atoms with van der Waals surface area (Å²) in [5, 5.41) is 10.6. The van der Waals surface area contributed by atoms with Crippen LogP contribution in [0.5, 0.6) is 0 Å². The van der Waals surface area contributed by atoms with Crippen molar-refractivity contribution >= 4 is 39.5 Å². The molecule has 0 spiro atoms. The number of carbonyl (C=O) groups excluding carboxylic acids is 4. The minimum Gasteiger partial charge on any atom is -0.462 e. The van der Waals surface area contributed by atoms with Crippen LogP contribution in [0.25, 0.3) is 0 Å². The van der Waals surface area contributed by atoms with Crippen molar-refractivity contribution in [2.75, 3.05) is 39.6 Å². The lowest BCUT2D eigenvalue weighted by atomic mass is 9.99. The highest BCUT2D eigenvalue weighted by Gasteiger charge is 2.30. The first-order valence-electron chi connectivity index (χ1n) is 39.0. The molecule has 0 fully saturated rings. The number of carbonyl (C=O) groups is 4. The second kappa shape index (κ2) is 66.9. The van der Waals surface area contributed by atoms with Gasteiger partial charge in [-0.2, -0.15) is 0 Å². The van der Waals surface area contributed by atoms with Crippen LogP contribution in [-0.4, -0.2) is 96.7 Å². The van der Waals surface area contributed by atoms with Crippen molar-refractivity contribution < 1.29 is 80.2 Å². The quantitative estimate of drug-likeness (QED) is 0.0222. The van der Waals surface area contributed by atoms with Gasteiger partial charge in [-0.25, -0.2) is 9.13 Å². The lowest BCUT2D eigenvalue weighted by molar-refractivity contribution is -0.161. The molecule has 0 radical (unpaired) electrons. The summed E-state index contributed by atoms with van der Waals surface area (Å²) in [6, 6.07) is 0. The molecule has 558 valence electrons. The van der Waals surface area contributed by atoms with Gasteiger partial charge < -0.3 is 33.8 Å². The number of phosphoric ester groups is 2. The van der Waals surface area contributed by atoms with Crippen LogP contribution in [0.2, 0.25) is 0 Å². The SMILES string of the molecule is CCCCCCCCCCCCCCCCC(=O)O[C@H](COC(=O)CCCCCCCCCC)COP(=O)(O)OC[C@H](O)COP(=O)(O)OC[C@@H](COC(=O)CCCCCCCCCCCCC(C)CC)OC(=O)CCCCCCCCCCCCCCCCCC(C)C. The van der Waals surface area contributed by atoms with Crippen LogP contribution in [0.4, 0.5) is 0 Å². The van der Waals surface area contributed by atoms with Gasteiger partial charge in [0, 0.05) is 25.7 Å². The molecule has 0 rings (SSSR count). The Balaban J connectivity index is 5.22. The second-order valence-electron chi connectivity index (χ2n) is 27.8. The van der Waals surface area contributed by atoms with E-state index < -0.39 is 97.5 Å². The third kappa shape index (κ3) is 67.3. The van der Waals surface area contributed by atoms with Crippen LogP contribution in [0.15, 0.2) is 0 Å². The van der Waals surface area contributed by atoms with E-state index in [0.717, 1.165) is 108 Å². The molecule has 0 amide bonds. The lowest BCUT2D eigenvalue weighted by Gasteiger charge is -2.21. The van der Waals surface area contributed by atoms with E-state index in [1.807, 2.05) is 0 Å². The standard InChI is InChI=1S/C75H146O17P2/c1-7-10-12-14-16-18-19-20-25-28-35-41-47-53-59-74(79)91-70(63-85-72(77)57-51-45-39-17-15-13-11-8-2)65-89-93(81,82)87-61-69(76)62-88-94(83,84)90-66-71(64-86-73(78)58-52-46-40-34-31-30-33-38-44-50-56-68(6)9-3)92-75(80)60-54-48-42-36-29-26-23-21-22-24-27-32-37-43-49-55-67(4)5/h67-71,76H,7-66H2,1-6H3,(H,81,82)(H,83,84)/t68?,69-,70+,71+/m0/s1. The molecule has 3 unspecified atom stereocenters. The zero-order chi connectivity index (χ0) is 69.3. The molecule has 0 aliphatic carbocycles. The van der Waals surface area contributed by atoms with Gasteiger partial charge in [-0.15, -0.1) is 0 Å². The zero-order valence-electron chi connectivity index (χ0n) is 61.3. The monoisotopic (exact) mass is 1380 g/mol. The van der Waals surface area contributed by atoms with Crippen molar-refractivity contribution in [3.05, 3.63) is 0 Å². The fourth-order valence-electron chi connectivity index (χ4n) is 11.4. The number of hydrogen-bond acceptors (Lipinski definition) is 15. The maximum Gasteiger partial charge on any atom is 0.472 e. The number of unbranched alkanes of at least 4 members (excludes halogenated alkanes) is 43. The molecule has 0 bridgehead atoms. The van der Waals surface area contributed by atoms with E-state index in [2.05, 4.69) is 41.5 Å². The van der Waals surface area contributed by atoms with Gasteiger partial charge in [-0.05, 0) is 37.5 Å². The van der Waals surface area contributed by atoms with Crippen molar-refractivity contribution in [3.8, 4) is 0 Å². The molecule has 0 aromatic carbocycles. The molecule has 0 saturated heterocycles. The van der Waals surface area contributed by atoms with E-state index >= 15 is 0 Å². The molecule has 0 aliphatic rings. The Morgan fingerprint density at radius 3 is 0.809 bits per heavy atom. The Morgan fingerprint density at radius 2 is 0.543 bits per heavy atom. The summed E-state index contributed by atoms with van der Waals surface area (Å²) < 4.78 is 68.4. The highest BCUT2D eigenvalue weighted by molar-refractivity contribution is 7.47. The Hall–Kier alpha value is -1.94. The second-order valence-corrected chi connectivity index (χ2v) is 30.7. The Labute approximate surface area is 575 Å². The molecule has 0 saturated carbocycles. The normalized spacial score (nSPS) is 14.3. The van der Waals surface area contributed by atoms with Gasteiger partial charge in [-0.3, -0.25) is 37.3 Å². The molecule has 0 aromatic rings. The molecule has 6 atom stereocenters. The summed E-state index contributed by atoms with van der Waals surface area (Å²) in [5.41, 5.74) is 0. The molecule has 19 heteroatoms. The van der Waals surface area contributed by atoms with Crippen LogP contribution in [-0.2, 0) is 65.4 Å². The Kier molecular flexibility index (Phi) is 65.5. The van der Waals surface area contributed by atoms with Gasteiger partial charge in [-0.1, -0.05) is 337 Å². The summed E-state index contributed by atoms with van der Waals surface area (Å²) in [6.45, 7) is 9.62. The van der Waals surface area contributed by atoms with Gasteiger partial charge in [0.05, 0.1) is 26.4 Å². The first-order chi connectivity index (χ1) is 45.4. The Bertz CT molecular complexity index is 1820. The minimum absolute atomic E-state index is 0.108. The average molecular weight is 1380 g/mol. The topological polar surface area (TPSA) is 237 Å². The summed E-state index contributed by atoms with van der Waals surface area (Å²) in [6.07, 6.45) is 54.0. The third-order valence-corrected chi connectivity index (χ3v) is 19.7. The predicted octanol–water partition coefficient (Wildman–Crippen LogP) is 21.9. The highest BCUT2D eigenvalue weighted by atomic mass is 31.2. The molecular weight excluding hydrogens is 1230 g/mol. The van der Waals surface area contributed by atoms with Crippen LogP contribution in [0, 0.1) is 11.8 Å². The third-order valence-electron chi connectivity index (χ3n) is 17.8. The van der Waals surface area contributed by atoms with E-state index in [4.69, 9.17) is 37.0 Å². The molecule has 94 heavy (non-hydrogen) atoms. The van der Waals surface area contributed by atoms with E-state index in [1.54, 1.807) is 0 Å². The molecule has 0 aromatic heterocycles. The molecule has 17 nitrogen and oxygen atoms in total. The van der Waals surface area contributed by atoms with E-state index in [1.165, 1.54) is 199 Å². The number of esters is 4. The van der Waals surface area contributed by atoms with Crippen molar-refractivity contribution in [2.24, 2.45) is 11.8 Å². The molecule has 0 heterocycles. The van der Waals surface area contributed by atoms with Gasteiger partial charge in [0.2, 0.25) is 0 Å². The maximum absolute atomic E-state index is 13.1. The largest absolute Gasteiger partial charge is 0.472 e. The minimum atomic E-state index is -4.96. The van der Waals surface area contributed by atoms with Crippen LogP contribution < -0.4 is 0 Å². The van der Waals surface area contributed by atoms with E-state index in [0.29, 0.717) is 25.7 Å². The average Bonchev–Trinajstić information content (AvgIpc) is 1.98. The molecule has 3 N–H and O–H groups in total. The Morgan fingerprint density at radius 1 is 0.309 bits per heavy atom. The first-order valence-corrected chi connectivity index (χ1v) is 42.0. The van der Waals surface area contributed by atoms with Crippen molar-refractivity contribution in [2.45, 2.75) is 407 Å². The highest BCUT2D eigenvalue weighted by Crippen LogP contribution is 2.45. The van der Waals surface area contributed by atoms with Crippen LogP contribution >= 0.6 is 15.6 Å². The van der Waals surface area contributed by atoms with Crippen LogP contribution in [0.1, 0.15) is 388 Å². The number of hydrogen-bond donors (Lipinski definition) is 3. The van der Waals surface area contributed by atoms with Gasteiger partial charge in [0.25, 0.3) is 0 Å². The zero-order valence-corrected chi connectivity index (χ0v) is 63.1. The van der Waals surface area contributed by atoms with Crippen molar-refractivity contribution in [1.29, 1.82) is 0 Å². The van der Waals surface area contributed by atoms with Crippen LogP contribution in [0.3, 0.4) is 0 Å². The van der Waals surface area contributed by atoms with Crippen molar-refractivity contribution in [3.63, 3.8) is 0 Å². The molecular formula is C75H146O17P2. The first kappa shape index (κ1) is 92.1. The smallest absolute Gasteiger partial charge is 0.462 e. The van der Waals surface area contributed by atoms with E-state index in [9.17, 15) is 43.2 Å². The van der Waals surface area contributed by atoms with Gasteiger partial charge in [0.1, 0.15) is 19.3 Å². The predicted molar refractivity (Wildman–Crippen MR) is 381 cm³/mol. The maximum atomic E-state index is 13.1. The number of aliphatic hydroxyl groups excluding tert-OH is 1. The molecule has 0 aliphatic heterocycles. The number of rotatable bonds is 74. The summed E-state index contributed by atoms with van der Waals surface area (Å²) in [4.78, 5) is 72.7. The van der Waals surface area contributed by atoms with Gasteiger partial charge >= 0.3 is 39.5 Å². The number of phosphoric acid groups is 2. The fourth-order valence-corrected chi connectivity index (χ4v) is 13.0. The summed E-state index contributed by atoms with van der Waals surface area (Å²) in [7, 11) is -9.91. The number of aliphatic hydroxyl groups is 1. The summed E-state index contributed by atoms with van der Waals surface area (Å²) in [5.74, 6) is -0.506. The number of ether oxygens (including phenoxy) is 4. The lowest BCUT2D eigenvalue weighted by Crippen LogP contribution is -2.30. The summed E-state index contributed by atoms with van der Waals surface area (Å²) >= 11 is 0. The van der Waals surface area contributed by atoms with Crippen molar-refractivity contribution in [1.82, 2.24) is 0 Å². The van der Waals surface area contributed by atoms with Gasteiger partial charge in [0.15, 0.2) is 12.2 Å². The fraction of sp³-hybridized carbons (Fsp3) is 0.947.